The lowest BCUT2D eigenvalue weighted by Crippen LogP contribution is -2.03. The molecule has 2 heterocycles. The number of aromatic nitrogens is 3. The Hall–Kier alpha value is -2.34. The van der Waals surface area contributed by atoms with Crippen LogP contribution in [0, 0.1) is 0 Å². The lowest BCUT2D eigenvalue weighted by Gasteiger charge is -1.95. The molecule has 0 amide bonds. The highest BCUT2D eigenvalue weighted by atomic mass is 32.1. The summed E-state index contributed by atoms with van der Waals surface area (Å²) in [6, 6.07) is 9.05. The second kappa shape index (κ2) is 5.11. The van der Waals surface area contributed by atoms with Crippen molar-refractivity contribution in [2.24, 2.45) is 0 Å². The number of nitrogens with zero attached hydrogens (tertiary/aromatic N) is 3. The summed E-state index contributed by atoms with van der Waals surface area (Å²) >= 11 is 1.42. The van der Waals surface area contributed by atoms with Gasteiger partial charge < -0.3 is 4.52 Å². The van der Waals surface area contributed by atoms with E-state index in [1.807, 2.05) is 18.2 Å². The Labute approximate surface area is 112 Å². The third-order valence-corrected chi connectivity index (χ3v) is 3.30. The molecular weight excluding hydrogens is 262 g/mol. The van der Waals surface area contributed by atoms with Crippen LogP contribution in [-0.2, 0) is 6.42 Å². The fraction of sp³-hybridized carbons (Fsp3) is 0.0769. The molecule has 0 saturated carbocycles. The van der Waals surface area contributed by atoms with Crippen LogP contribution >= 0.6 is 11.3 Å². The van der Waals surface area contributed by atoms with E-state index in [1.54, 1.807) is 23.8 Å². The minimum Gasteiger partial charge on any atom is -0.338 e. The number of carbonyl (C=O) groups is 1. The van der Waals surface area contributed by atoms with Crippen LogP contribution in [-0.4, -0.2) is 20.9 Å². The summed E-state index contributed by atoms with van der Waals surface area (Å²) in [5.74, 6) is 0.746. The Morgan fingerprint density at radius 2 is 2.11 bits per heavy atom. The Balaban J connectivity index is 1.76. The second-order valence-electron chi connectivity index (χ2n) is 3.84. The molecule has 0 atom stereocenters. The Kier molecular flexibility index (Phi) is 3.16. The minimum absolute atomic E-state index is 0.0416. The van der Waals surface area contributed by atoms with E-state index in [1.165, 1.54) is 11.3 Å². The van der Waals surface area contributed by atoms with Gasteiger partial charge in [-0.25, -0.2) is 0 Å². The standard InChI is InChI=1S/C13H9N3O2S/c17-10(9-4-2-1-3-5-9)6-12-15-13(16-18-12)11-7-14-8-19-11/h1-5,7-8H,6H2. The zero-order valence-corrected chi connectivity index (χ0v) is 10.6. The number of hydrogen-bond donors (Lipinski definition) is 0. The SMILES string of the molecule is O=C(Cc1nc(-c2cncs2)no1)c1ccccc1. The van der Waals surface area contributed by atoms with Gasteiger partial charge in [-0.2, -0.15) is 4.98 Å². The smallest absolute Gasteiger partial charge is 0.234 e. The highest BCUT2D eigenvalue weighted by Crippen LogP contribution is 2.19. The number of carbonyl (C=O) groups excluding carboxylic acids is 1. The molecule has 5 nitrogen and oxygen atoms in total. The highest BCUT2D eigenvalue weighted by Gasteiger charge is 2.14. The lowest BCUT2D eigenvalue weighted by atomic mass is 10.1. The van der Waals surface area contributed by atoms with Crippen LogP contribution in [0.15, 0.2) is 46.6 Å². The third kappa shape index (κ3) is 2.58. The van der Waals surface area contributed by atoms with Gasteiger partial charge in [0.1, 0.15) is 0 Å². The van der Waals surface area contributed by atoms with E-state index in [2.05, 4.69) is 15.1 Å². The summed E-state index contributed by atoms with van der Waals surface area (Å²) in [6.45, 7) is 0. The molecule has 1 aromatic carbocycles. The van der Waals surface area contributed by atoms with Crippen LogP contribution in [0.25, 0.3) is 10.7 Å². The fourth-order valence-corrected chi connectivity index (χ4v) is 2.16. The first-order valence-corrected chi connectivity index (χ1v) is 6.50. The summed E-state index contributed by atoms with van der Waals surface area (Å²) in [5.41, 5.74) is 2.33. The van der Waals surface area contributed by atoms with Crippen molar-refractivity contribution < 1.29 is 9.32 Å². The zero-order valence-electron chi connectivity index (χ0n) is 9.81. The second-order valence-corrected chi connectivity index (χ2v) is 4.73. The van der Waals surface area contributed by atoms with Gasteiger partial charge in [-0.3, -0.25) is 9.78 Å². The molecule has 94 valence electrons. The van der Waals surface area contributed by atoms with Crippen molar-refractivity contribution in [2.45, 2.75) is 6.42 Å². The molecule has 3 aromatic rings. The van der Waals surface area contributed by atoms with Crippen molar-refractivity contribution in [3.63, 3.8) is 0 Å². The number of benzene rings is 1. The van der Waals surface area contributed by atoms with Crippen LogP contribution < -0.4 is 0 Å². The fourth-order valence-electron chi connectivity index (χ4n) is 1.62. The van der Waals surface area contributed by atoms with Gasteiger partial charge in [-0.15, -0.1) is 11.3 Å². The van der Waals surface area contributed by atoms with E-state index in [-0.39, 0.29) is 12.2 Å². The summed E-state index contributed by atoms with van der Waals surface area (Å²) < 4.78 is 5.08. The van der Waals surface area contributed by atoms with Crippen LogP contribution in [0.1, 0.15) is 16.2 Å². The molecule has 0 unspecified atom stereocenters. The normalized spacial score (nSPS) is 10.5. The van der Waals surface area contributed by atoms with Crippen LogP contribution in [0.5, 0.6) is 0 Å². The topological polar surface area (TPSA) is 68.9 Å². The van der Waals surface area contributed by atoms with Gasteiger partial charge in [0.15, 0.2) is 5.78 Å². The van der Waals surface area contributed by atoms with Gasteiger partial charge in [0.2, 0.25) is 11.7 Å². The number of rotatable bonds is 4. The quantitative estimate of drug-likeness (QED) is 0.682. The Morgan fingerprint density at radius 1 is 1.26 bits per heavy atom. The summed E-state index contributed by atoms with van der Waals surface area (Å²) in [4.78, 5) is 20.9. The first-order chi connectivity index (χ1) is 9.33. The van der Waals surface area contributed by atoms with Gasteiger partial charge >= 0.3 is 0 Å². The van der Waals surface area contributed by atoms with Gasteiger partial charge in [0.25, 0.3) is 0 Å². The average Bonchev–Trinajstić information content (AvgIpc) is 3.10. The molecular formula is C13H9N3O2S. The summed E-state index contributed by atoms with van der Waals surface area (Å²) in [5, 5.41) is 3.84. The molecule has 0 N–H and O–H groups in total. The Bertz CT molecular complexity index is 677. The first-order valence-electron chi connectivity index (χ1n) is 5.62. The number of thiazole rings is 1. The van der Waals surface area contributed by atoms with E-state index < -0.39 is 0 Å². The van der Waals surface area contributed by atoms with Crippen molar-refractivity contribution in [3.8, 4) is 10.7 Å². The van der Waals surface area contributed by atoms with Gasteiger partial charge in [-0.1, -0.05) is 35.5 Å². The molecule has 0 spiro atoms. The Morgan fingerprint density at radius 3 is 2.84 bits per heavy atom. The number of Topliss-reactive ketones (excluding diaryl/α,β-unsaturated/α-hetero) is 1. The van der Waals surface area contributed by atoms with Gasteiger partial charge in [0.05, 0.1) is 16.8 Å². The lowest BCUT2D eigenvalue weighted by molar-refractivity contribution is 0.0983. The van der Waals surface area contributed by atoms with Crippen LogP contribution in [0.2, 0.25) is 0 Å². The monoisotopic (exact) mass is 271 g/mol. The zero-order chi connectivity index (χ0) is 13.1. The molecule has 0 fully saturated rings. The highest BCUT2D eigenvalue weighted by molar-refractivity contribution is 7.13. The first kappa shape index (κ1) is 11.7. The molecule has 0 bridgehead atoms. The minimum atomic E-state index is -0.0416. The van der Waals surface area contributed by atoms with Crippen molar-refractivity contribution in [3.05, 3.63) is 53.5 Å². The predicted octanol–water partition coefficient (Wildman–Crippen LogP) is 2.62. The van der Waals surface area contributed by atoms with Gasteiger partial charge in [-0.05, 0) is 0 Å². The molecule has 6 heteroatoms. The maximum absolute atomic E-state index is 12.0. The van der Waals surface area contributed by atoms with Crippen molar-refractivity contribution >= 4 is 17.1 Å². The van der Waals surface area contributed by atoms with E-state index >= 15 is 0 Å². The maximum atomic E-state index is 12.0. The predicted molar refractivity (Wildman–Crippen MR) is 69.9 cm³/mol. The molecule has 0 saturated heterocycles. The third-order valence-electron chi connectivity index (χ3n) is 2.53. The van der Waals surface area contributed by atoms with E-state index in [9.17, 15) is 4.79 Å². The van der Waals surface area contributed by atoms with Crippen molar-refractivity contribution in [1.29, 1.82) is 0 Å². The number of hydrogen-bond acceptors (Lipinski definition) is 6. The van der Waals surface area contributed by atoms with Gasteiger partial charge in [0, 0.05) is 11.8 Å². The molecule has 0 aliphatic carbocycles. The molecule has 2 aromatic heterocycles. The molecule has 3 rings (SSSR count). The van der Waals surface area contributed by atoms with Crippen LogP contribution in [0.3, 0.4) is 0 Å². The van der Waals surface area contributed by atoms with Crippen molar-refractivity contribution in [2.75, 3.05) is 0 Å². The summed E-state index contributed by atoms with van der Waals surface area (Å²) in [7, 11) is 0. The summed E-state index contributed by atoms with van der Waals surface area (Å²) in [6.07, 6.45) is 1.77. The molecule has 0 aliphatic rings. The molecule has 19 heavy (non-hydrogen) atoms. The number of ketones is 1. The van der Waals surface area contributed by atoms with E-state index in [0.29, 0.717) is 17.3 Å². The van der Waals surface area contributed by atoms with E-state index in [4.69, 9.17) is 4.52 Å². The molecule has 0 radical (unpaired) electrons. The van der Waals surface area contributed by atoms with E-state index in [0.717, 1.165) is 4.88 Å². The maximum Gasteiger partial charge on any atom is 0.234 e. The van der Waals surface area contributed by atoms with Crippen LogP contribution in [0.4, 0.5) is 0 Å². The largest absolute Gasteiger partial charge is 0.338 e. The van der Waals surface area contributed by atoms with Crippen molar-refractivity contribution in [1.82, 2.24) is 15.1 Å². The average molecular weight is 271 g/mol. The molecule has 0 aliphatic heterocycles.